The first kappa shape index (κ1) is 16.9. The maximum atomic E-state index is 12.7. The van der Waals surface area contributed by atoms with Crippen molar-refractivity contribution in [2.24, 2.45) is 10.8 Å². The van der Waals surface area contributed by atoms with Crippen molar-refractivity contribution in [2.45, 2.75) is 6.54 Å². The van der Waals surface area contributed by atoms with Gasteiger partial charge in [0.25, 0.3) is 5.56 Å². The second-order valence-corrected chi connectivity index (χ2v) is 5.49. The number of aromatic nitrogens is 2. The van der Waals surface area contributed by atoms with Crippen LogP contribution in [-0.4, -0.2) is 21.1 Å². The molecule has 0 radical (unpaired) electrons. The van der Waals surface area contributed by atoms with Crippen LogP contribution < -0.4 is 16.7 Å². The van der Waals surface area contributed by atoms with Crippen molar-refractivity contribution in [3.8, 4) is 6.07 Å². The van der Waals surface area contributed by atoms with E-state index >= 15 is 0 Å². The normalized spacial score (nSPS) is 11.1. The molecule has 3 rings (SSSR count). The lowest BCUT2D eigenvalue weighted by molar-refractivity contribution is 0.748. The Hall–Kier alpha value is -3.99. The van der Waals surface area contributed by atoms with Gasteiger partial charge in [0.15, 0.2) is 5.84 Å². The predicted octanol–water partition coefficient (Wildman–Crippen LogP) is 1.67. The summed E-state index contributed by atoms with van der Waals surface area (Å²) in [6.45, 7) is 0.418. The summed E-state index contributed by atoms with van der Waals surface area (Å²) < 4.78 is 1.53. The predicted molar refractivity (Wildman–Crippen MR) is 100 cm³/mol. The van der Waals surface area contributed by atoms with Gasteiger partial charge < -0.3 is 5.73 Å². The maximum Gasteiger partial charge on any atom is 0.261 e. The average molecular weight is 345 g/mol. The van der Waals surface area contributed by atoms with Crippen molar-refractivity contribution in [1.29, 1.82) is 10.7 Å². The Bertz CT molecular complexity index is 1090. The molecule has 0 aliphatic heterocycles. The monoisotopic (exact) mass is 345 g/mol. The van der Waals surface area contributed by atoms with Crippen molar-refractivity contribution >= 4 is 28.1 Å². The van der Waals surface area contributed by atoms with Gasteiger partial charge in [0.2, 0.25) is 5.71 Å². The number of nitrogens with two attached hydrogens (primary N) is 1. The largest absolute Gasteiger partial charge is 0.382 e. The number of rotatable bonds is 5. The molecule has 3 aromatic rings. The zero-order valence-electron chi connectivity index (χ0n) is 13.7. The first-order valence-corrected chi connectivity index (χ1v) is 7.70. The summed E-state index contributed by atoms with van der Waals surface area (Å²) in [7, 11) is 0. The number of hydrazone groups is 1. The summed E-state index contributed by atoms with van der Waals surface area (Å²) >= 11 is 0. The Morgan fingerprint density at radius 1 is 1.31 bits per heavy atom. The van der Waals surface area contributed by atoms with E-state index in [1.54, 1.807) is 24.3 Å². The van der Waals surface area contributed by atoms with Crippen LogP contribution in [0.1, 0.15) is 5.56 Å². The number of benzene rings is 2. The summed E-state index contributed by atoms with van der Waals surface area (Å²) in [5, 5.41) is 20.3. The number of anilines is 1. The first-order valence-electron chi connectivity index (χ1n) is 7.70. The van der Waals surface area contributed by atoms with Crippen LogP contribution in [0.4, 0.5) is 5.69 Å². The molecule has 8 nitrogen and oxygen atoms in total. The third-order valence-electron chi connectivity index (χ3n) is 3.68. The molecule has 0 atom stereocenters. The van der Waals surface area contributed by atoms with E-state index in [2.05, 4.69) is 15.5 Å². The smallest absolute Gasteiger partial charge is 0.261 e. The molecule has 1 heterocycles. The van der Waals surface area contributed by atoms with Gasteiger partial charge in [-0.3, -0.25) is 20.2 Å². The van der Waals surface area contributed by atoms with Gasteiger partial charge in [0, 0.05) is 0 Å². The van der Waals surface area contributed by atoms with Gasteiger partial charge in [-0.25, -0.2) is 4.98 Å². The number of nitrogens with one attached hydrogen (secondary N) is 2. The van der Waals surface area contributed by atoms with Crippen molar-refractivity contribution in [2.75, 3.05) is 5.43 Å². The zero-order valence-corrected chi connectivity index (χ0v) is 13.7. The molecular weight excluding hydrogens is 330 g/mol. The topological polar surface area (TPSA) is 133 Å². The Morgan fingerprint density at radius 3 is 2.77 bits per heavy atom. The van der Waals surface area contributed by atoms with E-state index in [4.69, 9.17) is 16.4 Å². The van der Waals surface area contributed by atoms with Gasteiger partial charge >= 0.3 is 0 Å². The summed E-state index contributed by atoms with van der Waals surface area (Å²) in [4.78, 5) is 17.1. The van der Waals surface area contributed by atoms with Gasteiger partial charge in [-0.1, -0.05) is 30.3 Å². The molecule has 0 saturated carbocycles. The fourth-order valence-electron chi connectivity index (χ4n) is 2.39. The van der Waals surface area contributed by atoms with E-state index in [1.165, 1.54) is 10.9 Å². The van der Waals surface area contributed by atoms with Gasteiger partial charge in [0.1, 0.15) is 6.07 Å². The highest BCUT2D eigenvalue weighted by Crippen LogP contribution is 2.14. The highest BCUT2D eigenvalue weighted by molar-refractivity contribution is 6.45. The van der Waals surface area contributed by atoms with Crippen LogP contribution in [0, 0.1) is 16.7 Å². The Labute approximate surface area is 148 Å². The Morgan fingerprint density at radius 2 is 2.08 bits per heavy atom. The molecule has 26 heavy (non-hydrogen) atoms. The summed E-state index contributed by atoms with van der Waals surface area (Å²) in [6.07, 6.45) is 1.52. The van der Waals surface area contributed by atoms with Crippen LogP contribution in [0.5, 0.6) is 0 Å². The molecule has 128 valence electrons. The van der Waals surface area contributed by atoms with Crippen LogP contribution in [0.2, 0.25) is 0 Å². The molecule has 0 amide bonds. The number of amidine groups is 1. The van der Waals surface area contributed by atoms with Crippen molar-refractivity contribution in [1.82, 2.24) is 9.55 Å². The molecule has 0 bridgehead atoms. The highest BCUT2D eigenvalue weighted by atomic mass is 16.1. The lowest BCUT2D eigenvalue weighted by Crippen LogP contribution is -2.22. The number of nitrogens with zero attached hydrogens (tertiary/aromatic N) is 4. The molecule has 0 spiro atoms. The molecule has 2 aromatic carbocycles. The molecule has 0 aliphatic carbocycles. The van der Waals surface area contributed by atoms with E-state index in [1.807, 2.05) is 30.3 Å². The molecule has 4 N–H and O–H groups in total. The van der Waals surface area contributed by atoms with E-state index < -0.39 is 5.84 Å². The molecule has 0 unspecified atom stereocenters. The number of hydrogen-bond donors (Lipinski definition) is 3. The molecular formula is C18H15N7O. The molecule has 0 aliphatic rings. The number of nitriles is 1. The van der Waals surface area contributed by atoms with Gasteiger partial charge in [-0.2, -0.15) is 10.4 Å². The minimum Gasteiger partial charge on any atom is -0.382 e. The van der Waals surface area contributed by atoms with Crippen LogP contribution in [0.15, 0.2) is 64.8 Å². The van der Waals surface area contributed by atoms with E-state index in [9.17, 15) is 4.79 Å². The maximum absolute atomic E-state index is 12.7. The minimum atomic E-state index is -0.437. The molecule has 8 heteroatoms. The number of hydrogen-bond acceptors (Lipinski definition) is 6. The molecule has 0 fully saturated rings. The zero-order chi connectivity index (χ0) is 18.5. The van der Waals surface area contributed by atoms with Gasteiger partial charge in [-0.05, 0) is 23.8 Å². The fourth-order valence-corrected chi connectivity index (χ4v) is 2.39. The van der Waals surface area contributed by atoms with Gasteiger partial charge in [0.05, 0.1) is 29.5 Å². The van der Waals surface area contributed by atoms with Crippen molar-refractivity contribution in [3.05, 3.63) is 70.8 Å². The third-order valence-corrected chi connectivity index (χ3v) is 3.68. The second kappa shape index (κ2) is 7.27. The van der Waals surface area contributed by atoms with Crippen LogP contribution >= 0.6 is 0 Å². The standard InChI is InChI=1S/C18H15N7O/c19-9-16(17(20)21)24-23-13-6-7-15-14(8-13)18(26)25(11-22-15)10-12-4-2-1-3-5-12/h1-8,11,23H,10H2,(H3,20,21)/b24-16+. The van der Waals surface area contributed by atoms with E-state index in [-0.39, 0.29) is 11.3 Å². The van der Waals surface area contributed by atoms with Crippen LogP contribution in [-0.2, 0) is 6.54 Å². The summed E-state index contributed by atoms with van der Waals surface area (Å²) in [6, 6.07) is 16.3. The quantitative estimate of drug-likeness (QED) is 0.367. The van der Waals surface area contributed by atoms with Crippen LogP contribution in [0.25, 0.3) is 10.9 Å². The Balaban J connectivity index is 1.95. The third kappa shape index (κ3) is 3.57. The molecule has 0 saturated heterocycles. The van der Waals surface area contributed by atoms with E-state index in [0.29, 0.717) is 23.1 Å². The fraction of sp³-hybridized carbons (Fsp3) is 0.0556. The summed E-state index contributed by atoms with van der Waals surface area (Å²) in [5.41, 5.74) is 9.50. The number of fused-ring (bicyclic) bond motifs is 1. The molecule has 1 aromatic heterocycles. The minimum absolute atomic E-state index is 0.182. The van der Waals surface area contributed by atoms with Crippen LogP contribution in [0.3, 0.4) is 0 Å². The van der Waals surface area contributed by atoms with Crippen molar-refractivity contribution < 1.29 is 0 Å². The lowest BCUT2D eigenvalue weighted by Gasteiger charge is -2.08. The first-order chi connectivity index (χ1) is 12.6. The van der Waals surface area contributed by atoms with Gasteiger partial charge in [-0.15, -0.1) is 0 Å². The lowest BCUT2D eigenvalue weighted by atomic mass is 10.2. The van der Waals surface area contributed by atoms with E-state index in [0.717, 1.165) is 5.56 Å². The SMILES string of the molecule is N#C/C(=N\Nc1ccc2ncn(Cc3ccccc3)c(=O)c2c1)C(=N)N. The Kier molecular flexibility index (Phi) is 4.71. The summed E-state index contributed by atoms with van der Waals surface area (Å²) in [5.74, 6) is -0.437. The highest BCUT2D eigenvalue weighted by Gasteiger charge is 2.07. The second-order valence-electron chi connectivity index (χ2n) is 5.49. The average Bonchev–Trinajstić information content (AvgIpc) is 2.65. The van der Waals surface area contributed by atoms with Crippen molar-refractivity contribution in [3.63, 3.8) is 0 Å².